The monoisotopic (exact) mass is 283 g/mol. The van der Waals surface area contributed by atoms with Gasteiger partial charge in [-0.3, -0.25) is 0 Å². The number of carbonyl (C=O) groups is 1. The molecule has 18 heavy (non-hydrogen) atoms. The Balaban J connectivity index is 1.83. The normalized spacial score (nSPS) is 10.3. The van der Waals surface area contributed by atoms with Gasteiger partial charge in [0, 0.05) is 18.3 Å². The molecule has 2 aromatic rings. The van der Waals surface area contributed by atoms with Gasteiger partial charge in [-0.1, -0.05) is 11.3 Å². The van der Waals surface area contributed by atoms with Crippen molar-refractivity contribution in [3.05, 3.63) is 27.2 Å². The van der Waals surface area contributed by atoms with Crippen LogP contribution in [0.25, 0.3) is 0 Å². The van der Waals surface area contributed by atoms with Gasteiger partial charge in [-0.15, -0.1) is 11.3 Å². The molecule has 0 saturated carbocycles. The van der Waals surface area contributed by atoms with Crippen molar-refractivity contribution in [3.8, 4) is 0 Å². The molecule has 96 valence electrons. The van der Waals surface area contributed by atoms with E-state index in [2.05, 4.69) is 25.4 Å². The van der Waals surface area contributed by atoms with E-state index in [0.29, 0.717) is 4.88 Å². The van der Waals surface area contributed by atoms with Gasteiger partial charge in [0.05, 0.1) is 24.0 Å². The first kappa shape index (κ1) is 13.0. The van der Waals surface area contributed by atoms with Gasteiger partial charge in [-0.2, -0.15) is 0 Å². The number of thiazole rings is 2. The largest absolute Gasteiger partial charge is 0.465 e. The fourth-order valence-electron chi connectivity index (χ4n) is 1.37. The maximum absolute atomic E-state index is 11.2. The minimum atomic E-state index is -0.351. The molecule has 0 fully saturated rings. The lowest BCUT2D eigenvalue weighted by Gasteiger charge is -1.99. The van der Waals surface area contributed by atoms with Crippen LogP contribution in [0.3, 0.4) is 0 Å². The summed E-state index contributed by atoms with van der Waals surface area (Å²) in [4.78, 5) is 20.2. The first-order chi connectivity index (χ1) is 8.69. The van der Waals surface area contributed by atoms with Gasteiger partial charge in [0.25, 0.3) is 0 Å². The Morgan fingerprint density at radius 2 is 2.39 bits per heavy atom. The molecule has 1 N–H and O–H groups in total. The number of nitrogens with one attached hydrogen (secondary N) is 1. The molecule has 0 radical (unpaired) electrons. The minimum absolute atomic E-state index is 0.351. The van der Waals surface area contributed by atoms with Crippen LogP contribution in [0.2, 0.25) is 0 Å². The Morgan fingerprint density at radius 1 is 1.56 bits per heavy atom. The van der Waals surface area contributed by atoms with E-state index < -0.39 is 0 Å². The van der Waals surface area contributed by atoms with E-state index in [-0.39, 0.29) is 5.97 Å². The Bertz CT molecular complexity index is 536. The van der Waals surface area contributed by atoms with Crippen LogP contribution in [-0.4, -0.2) is 29.6 Å². The number of esters is 1. The van der Waals surface area contributed by atoms with Gasteiger partial charge < -0.3 is 10.1 Å². The predicted octanol–water partition coefficient (Wildman–Crippen LogP) is 2.35. The number of ether oxygens (including phenoxy) is 1. The zero-order valence-corrected chi connectivity index (χ0v) is 11.7. The van der Waals surface area contributed by atoms with Crippen LogP contribution in [0, 0.1) is 6.92 Å². The molecular formula is C11H13N3O2S2. The summed E-state index contributed by atoms with van der Waals surface area (Å²) in [5.74, 6) is -0.351. The second-order valence-electron chi connectivity index (χ2n) is 3.56. The molecule has 5 nitrogen and oxygen atoms in total. The van der Waals surface area contributed by atoms with Crippen molar-refractivity contribution in [2.45, 2.75) is 13.3 Å². The van der Waals surface area contributed by atoms with E-state index in [1.807, 2.05) is 6.92 Å². The first-order valence-electron chi connectivity index (χ1n) is 5.38. The highest BCUT2D eigenvalue weighted by molar-refractivity contribution is 7.17. The molecule has 0 aromatic carbocycles. The van der Waals surface area contributed by atoms with E-state index in [9.17, 15) is 4.79 Å². The van der Waals surface area contributed by atoms with Crippen LogP contribution in [0.15, 0.2) is 11.6 Å². The molecule has 2 aromatic heterocycles. The second kappa shape index (κ2) is 5.92. The van der Waals surface area contributed by atoms with Crippen molar-refractivity contribution in [2.24, 2.45) is 0 Å². The van der Waals surface area contributed by atoms with E-state index in [1.54, 1.807) is 11.3 Å². The third kappa shape index (κ3) is 3.27. The number of anilines is 1. The van der Waals surface area contributed by atoms with Crippen molar-refractivity contribution >= 4 is 33.8 Å². The molecule has 0 aliphatic carbocycles. The third-order valence-corrected chi connectivity index (χ3v) is 3.97. The first-order valence-corrected chi connectivity index (χ1v) is 7.07. The fraction of sp³-hybridized carbons (Fsp3) is 0.364. The summed E-state index contributed by atoms with van der Waals surface area (Å²) in [7, 11) is 1.36. The second-order valence-corrected chi connectivity index (χ2v) is 5.65. The van der Waals surface area contributed by atoms with E-state index >= 15 is 0 Å². The molecule has 0 aliphatic heterocycles. The van der Waals surface area contributed by atoms with Crippen molar-refractivity contribution in [3.63, 3.8) is 0 Å². The summed E-state index contributed by atoms with van der Waals surface area (Å²) in [6.45, 7) is 2.74. The zero-order chi connectivity index (χ0) is 13.0. The van der Waals surface area contributed by atoms with Crippen molar-refractivity contribution in [1.29, 1.82) is 0 Å². The minimum Gasteiger partial charge on any atom is -0.465 e. The highest BCUT2D eigenvalue weighted by Crippen LogP contribution is 2.18. The standard InChI is InChI=1S/C11H13N3O2S2/c1-7-14-8(6-17-7)3-4-12-11-13-5-9(18-11)10(15)16-2/h5-6H,3-4H2,1-2H3,(H,12,13). The summed E-state index contributed by atoms with van der Waals surface area (Å²) >= 11 is 2.94. The number of methoxy groups -OCH3 is 1. The van der Waals surface area contributed by atoms with Gasteiger partial charge >= 0.3 is 5.97 Å². The molecule has 0 spiro atoms. The van der Waals surface area contributed by atoms with Crippen molar-refractivity contribution in [2.75, 3.05) is 19.0 Å². The van der Waals surface area contributed by atoms with Gasteiger partial charge in [0.15, 0.2) is 5.13 Å². The number of nitrogens with zero attached hydrogens (tertiary/aromatic N) is 2. The van der Waals surface area contributed by atoms with Crippen LogP contribution in [0.1, 0.15) is 20.4 Å². The number of aromatic nitrogens is 2. The Hall–Kier alpha value is -1.47. The summed E-state index contributed by atoms with van der Waals surface area (Å²) in [5, 5.41) is 7.02. The van der Waals surface area contributed by atoms with Crippen LogP contribution in [0.4, 0.5) is 5.13 Å². The Kier molecular flexibility index (Phi) is 4.27. The van der Waals surface area contributed by atoms with E-state index in [0.717, 1.165) is 28.8 Å². The molecule has 0 atom stereocenters. The zero-order valence-electron chi connectivity index (χ0n) is 10.1. The fourth-order valence-corrected chi connectivity index (χ4v) is 2.78. The number of rotatable bonds is 5. The summed E-state index contributed by atoms with van der Waals surface area (Å²) in [5.41, 5.74) is 1.08. The maximum atomic E-state index is 11.2. The molecular weight excluding hydrogens is 270 g/mol. The number of hydrogen-bond acceptors (Lipinski definition) is 7. The highest BCUT2D eigenvalue weighted by Gasteiger charge is 2.10. The summed E-state index contributed by atoms with van der Waals surface area (Å²) in [6, 6.07) is 0. The van der Waals surface area contributed by atoms with Crippen LogP contribution < -0.4 is 5.32 Å². The maximum Gasteiger partial charge on any atom is 0.349 e. The van der Waals surface area contributed by atoms with E-state index in [1.165, 1.54) is 24.6 Å². The van der Waals surface area contributed by atoms with Crippen LogP contribution in [-0.2, 0) is 11.2 Å². The molecule has 0 aliphatic rings. The highest BCUT2D eigenvalue weighted by atomic mass is 32.1. The Morgan fingerprint density at radius 3 is 3.06 bits per heavy atom. The quantitative estimate of drug-likeness (QED) is 0.853. The van der Waals surface area contributed by atoms with Gasteiger partial charge in [0.1, 0.15) is 4.88 Å². The summed E-state index contributed by atoms with van der Waals surface area (Å²) < 4.78 is 4.62. The molecule has 0 amide bonds. The lowest BCUT2D eigenvalue weighted by atomic mass is 10.3. The summed E-state index contributed by atoms with van der Waals surface area (Å²) in [6.07, 6.45) is 2.36. The van der Waals surface area contributed by atoms with Gasteiger partial charge in [-0.25, -0.2) is 14.8 Å². The average molecular weight is 283 g/mol. The van der Waals surface area contributed by atoms with Gasteiger partial charge in [-0.05, 0) is 6.92 Å². The predicted molar refractivity (Wildman–Crippen MR) is 72.5 cm³/mol. The van der Waals surface area contributed by atoms with Crippen molar-refractivity contribution in [1.82, 2.24) is 9.97 Å². The van der Waals surface area contributed by atoms with Crippen molar-refractivity contribution < 1.29 is 9.53 Å². The molecule has 2 heterocycles. The van der Waals surface area contributed by atoms with E-state index in [4.69, 9.17) is 0 Å². The molecule has 7 heteroatoms. The SMILES string of the molecule is COC(=O)c1cnc(NCCc2csc(C)n2)s1. The topological polar surface area (TPSA) is 64.1 Å². The average Bonchev–Trinajstić information content (AvgIpc) is 2.98. The number of aryl methyl sites for hydroxylation is 1. The molecule has 0 saturated heterocycles. The smallest absolute Gasteiger partial charge is 0.349 e. The number of hydrogen-bond donors (Lipinski definition) is 1. The third-order valence-electron chi connectivity index (χ3n) is 2.22. The van der Waals surface area contributed by atoms with Crippen LogP contribution >= 0.6 is 22.7 Å². The molecule has 2 rings (SSSR count). The van der Waals surface area contributed by atoms with Crippen LogP contribution in [0.5, 0.6) is 0 Å². The molecule has 0 unspecified atom stereocenters. The number of carbonyl (C=O) groups excluding carboxylic acids is 1. The lowest BCUT2D eigenvalue weighted by Crippen LogP contribution is -2.04. The van der Waals surface area contributed by atoms with Gasteiger partial charge in [0.2, 0.25) is 0 Å². The molecule has 0 bridgehead atoms. The lowest BCUT2D eigenvalue weighted by molar-refractivity contribution is 0.0606. The Labute approximate surface area is 113 Å².